The number of halogens is 3. The molecule has 0 fully saturated rings. The zero-order chi connectivity index (χ0) is 14.7. The quantitative estimate of drug-likeness (QED) is 0.843. The topological polar surface area (TPSA) is 29.5 Å². The number of aliphatic hydroxyl groups excluding tert-OH is 1. The van der Waals surface area contributed by atoms with Crippen molar-refractivity contribution in [1.29, 1.82) is 0 Å². The van der Waals surface area contributed by atoms with Crippen LogP contribution in [0.15, 0.2) is 40.9 Å². The van der Waals surface area contributed by atoms with Crippen molar-refractivity contribution < 1.29 is 14.2 Å². The van der Waals surface area contributed by atoms with E-state index in [1.807, 2.05) is 12.1 Å². The Kier molecular flexibility index (Phi) is 5.02. The molecule has 1 atom stereocenters. The van der Waals surface area contributed by atoms with Gasteiger partial charge in [0.15, 0.2) is 0 Å². The Morgan fingerprint density at radius 3 is 2.70 bits per heavy atom. The van der Waals surface area contributed by atoms with Crippen molar-refractivity contribution in [2.75, 3.05) is 0 Å². The van der Waals surface area contributed by atoms with E-state index in [9.17, 15) is 9.50 Å². The fourth-order valence-electron chi connectivity index (χ4n) is 1.77. The van der Waals surface area contributed by atoms with Gasteiger partial charge in [-0.1, -0.05) is 33.6 Å². The van der Waals surface area contributed by atoms with Crippen LogP contribution in [0.3, 0.4) is 0 Å². The maximum atomic E-state index is 13.3. The van der Waals surface area contributed by atoms with Crippen molar-refractivity contribution in [3.05, 3.63) is 62.8 Å². The average Bonchev–Trinajstić information content (AvgIpc) is 2.37. The van der Waals surface area contributed by atoms with Gasteiger partial charge in [-0.15, -0.1) is 0 Å². The van der Waals surface area contributed by atoms with Gasteiger partial charge in [0.25, 0.3) is 0 Å². The Morgan fingerprint density at radius 2 is 2.05 bits per heavy atom. The second-order valence-electron chi connectivity index (χ2n) is 4.38. The molecule has 0 aromatic heterocycles. The van der Waals surface area contributed by atoms with Crippen molar-refractivity contribution >= 4 is 27.5 Å². The highest BCUT2D eigenvalue weighted by atomic mass is 79.9. The van der Waals surface area contributed by atoms with Crippen LogP contribution >= 0.6 is 27.5 Å². The van der Waals surface area contributed by atoms with Gasteiger partial charge in [0.2, 0.25) is 0 Å². The molecule has 1 N–H and O–H groups in total. The normalized spacial score (nSPS) is 12.2. The van der Waals surface area contributed by atoms with Crippen LogP contribution in [0.25, 0.3) is 0 Å². The molecule has 2 nitrogen and oxygen atoms in total. The standard InChI is InChI=1S/C15H13BrClFO2/c1-9(19)13-5-4-12(18)7-15(13)20-8-10-2-3-11(16)6-14(10)17/h2-7,9,19H,8H2,1H3/t9-/m0/s1. The van der Waals surface area contributed by atoms with E-state index in [2.05, 4.69) is 15.9 Å². The molecule has 0 heterocycles. The van der Waals surface area contributed by atoms with Crippen LogP contribution in [0.4, 0.5) is 4.39 Å². The van der Waals surface area contributed by atoms with E-state index >= 15 is 0 Å². The predicted molar refractivity (Wildman–Crippen MR) is 80.5 cm³/mol. The minimum absolute atomic E-state index is 0.204. The molecule has 0 amide bonds. The second kappa shape index (κ2) is 6.57. The van der Waals surface area contributed by atoms with Crippen molar-refractivity contribution in [3.8, 4) is 5.75 Å². The fraction of sp³-hybridized carbons (Fsp3) is 0.200. The van der Waals surface area contributed by atoms with Gasteiger partial charge in [0, 0.05) is 26.7 Å². The first-order chi connectivity index (χ1) is 9.47. The van der Waals surface area contributed by atoms with Crippen LogP contribution in [0.5, 0.6) is 5.75 Å². The summed E-state index contributed by atoms with van der Waals surface area (Å²) in [6, 6.07) is 9.51. The molecule has 0 aliphatic heterocycles. The monoisotopic (exact) mass is 358 g/mol. The van der Waals surface area contributed by atoms with Crippen molar-refractivity contribution in [1.82, 2.24) is 0 Å². The minimum Gasteiger partial charge on any atom is -0.488 e. The lowest BCUT2D eigenvalue weighted by Crippen LogP contribution is -2.02. The van der Waals surface area contributed by atoms with E-state index in [0.717, 1.165) is 10.0 Å². The smallest absolute Gasteiger partial charge is 0.128 e. The van der Waals surface area contributed by atoms with Crippen molar-refractivity contribution in [2.45, 2.75) is 19.6 Å². The van der Waals surface area contributed by atoms with Gasteiger partial charge in [-0.05, 0) is 31.2 Å². The molecule has 2 rings (SSSR count). The van der Waals surface area contributed by atoms with Crippen LogP contribution in [-0.2, 0) is 6.61 Å². The van der Waals surface area contributed by atoms with Crippen LogP contribution in [0, 0.1) is 5.82 Å². The predicted octanol–water partition coefficient (Wildman–Crippen LogP) is 4.87. The van der Waals surface area contributed by atoms with E-state index in [0.29, 0.717) is 16.3 Å². The molecule has 0 aliphatic rings. The van der Waals surface area contributed by atoms with Crippen LogP contribution in [0.1, 0.15) is 24.2 Å². The molecular weight excluding hydrogens is 347 g/mol. The van der Waals surface area contributed by atoms with Gasteiger partial charge in [-0.3, -0.25) is 0 Å². The van der Waals surface area contributed by atoms with E-state index in [1.54, 1.807) is 13.0 Å². The van der Waals surface area contributed by atoms with Gasteiger partial charge < -0.3 is 9.84 Å². The molecule has 0 bridgehead atoms. The molecule has 0 radical (unpaired) electrons. The van der Waals surface area contributed by atoms with E-state index in [1.165, 1.54) is 18.2 Å². The maximum Gasteiger partial charge on any atom is 0.128 e. The number of hydrogen-bond donors (Lipinski definition) is 1. The summed E-state index contributed by atoms with van der Waals surface area (Å²) in [6.45, 7) is 1.81. The Bertz CT molecular complexity index is 617. The summed E-state index contributed by atoms with van der Waals surface area (Å²) < 4.78 is 19.7. The highest BCUT2D eigenvalue weighted by Gasteiger charge is 2.11. The summed E-state index contributed by atoms with van der Waals surface area (Å²) in [5.74, 6) is -0.0923. The molecule has 5 heteroatoms. The Labute approximate surface area is 130 Å². The molecule has 0 saturated heterocycles. The summed E-state index contributed by atoms with van der Waals surface area (Å²) in [5, 5.41) is 10.2. The molecule has 20 heavy (non-hydrogen) atoms. The highest BCUT2D eigenvalue weighted by Crippen LogP contribution is 2.28. The third-order valence-electron chi connectivity index (χ3n) is 2.82. The summed E-state index contributed by atoms with van der Waals surface area (Å²) >= 11 is 9.42. The molecule has 0 saturated carbocycles. The molecule has 0 unspecified atom stereocenters. The minimum atomic E-state index is -0.731. The zero-order valence-corrected chi connectivity index (χ0v) is 13.1. The number of hydrogen-bond acceptors (Lipinski definition) is 2. The van der Waals surface area contributed by atoms with Gasteiger partial charge >= 0.3 is 0 Å². The van der Waals surface area contributed by atoms with E-state index in [-0.39, 0.29) is 6.61 Å². The summed E-state index contributed by atoms with van der Waals surface area (Å²) in [4.78, 5) is 0. The molecular formula is C15H13BrClFO2. The average molecular weight is 360 g/mol. The van der Waals surface area contributed by atoms with Crippen molar-refractivity contribution in [2.24, 2.45) is 0 Å². The van der Waals surface area contributed by atoms with Crippen LogP contribution in [-0.4, -0.2) is 5.11 Å². The molecule has 2 aromatic rings. The highest BCUT2D eigenvalue weighted by molar-refractivity contribution is 9.10. The third kappa shape index (κ3) is 3.72. The Morgan fingerprint density at radius 1 is 1.30 bits per heavy atom. The van der Waals surface area contributed by atoms with Crippen LogP contribution < -0.4 is 4.74 Å². The maximum absolute atomic E-state index is 13.3. The van der Waals surface area contributed by atoms with Crippen LogP contribution in [0.2, 0.25) is 5.02 Å². The van der Waals surface area contributed by atoms with E-state index in [4.69, 9.17) is 16.3 Å². The SMILES string of the molecule is C[C@H](O)c1ccc(F)cc1OCc1ccc(Br)cc1Cl. The van der Waals surface area contributed by atoms with Gasteiger partial charge in [0.1, 0.15) is 18.2 Å². The lowest BCUT2D eigenvalue weighted by atomic mass is 10.1. The van der Waals surface area contributed by atoms with Gasteiger partial charge in [-0.2, -0.15) is 0 Å². The Hall–Kier alpha value is -1.10. The van der Waals surface area contributed by atoms with Gasteiger partial charge in [0.05, 0.1) is 6.10 Å². The number of rotatable bonds is 4. The first kappa shape index (κ1) is 15.3. The number of aliphatic hydroxyl groups is 1. The number of benzene rings is 2. The Balaban J connectivity index is 2.20. The number of ether oxygens (including phenoxy) is 1. The molecule has 0 aliphatic carbocycles. The molecule has 106 valence electrons. The summed E-state index contributed by atoms with van der Waals surface area (Å²) in [6.07, 6.45) is -0.731. The largest absolute Gasteiger partial charge is 0.488 e. The second-order valence-corrected chi connectivity index (χ2v) is 5.71. The third-order valence-corrected chi connectivity index (χ3v) is 3.67. The lowest BCUT2D eigenvalue weighted by Gasteiger charge is -2.14. The summed E-state index contributed by atoms with van der Waals surface area (Å²) in [5.41, 5.74) is 1.33. The molecule has 2 aromatic carbocycles. The first-order valence-electron chi connectivity index (χ1n) is 6.01. The molecule has 0 spiro atoms. The van der Waals surface area contributed by atoms with Gasteiger partial charge in [-0.25, -0.2) is 4.39 Å². The zero-order valence-electron chi connectivity index (χ0n) is 10.7. The van der Waals surface area contributed by atoms with Crippen molar-refractivity contribution in [3.63, 3.8) is 0 Å². The summed E-state index contributed by atoms with van der Waals surface area (Å²) in [7, 11) is 0. The fourth-order valence-corrected chi connectivity index (χ4v) is 2.50. The van der Waals surface area contributed by atoms with E-state index < -0.39 is 11.9 Å². The first-order valence-corrected chi connectivity index (χ1v) is 7.18. The lowest BCUT2D eigenvalue weighted by molar-refractivity contribution is 0.190.